The van der Waals surface area contributed by atoms with E-state index in [1.54, 1.807) is 0 Å². The van der Waals surface area contributed by atoms with Crippen LogP contribution in [0.25, 0.3) is 10.8 Å². The van der Waals surface area contributed by atoms with Crippen molar-refractivity contribution in [3.63, 3.8) is 0 Å². The molecule has 0 radical (unpaired) electrons. The summed E-state index contributed by atoms with van der Waals surface area (Å²) in [5.74, 6) is 1.00. The lowest BCUT2D eigenvalue weighted by Crippen LogP contribution is -2.31. The van der Waals surface area contributed by atoms with Gasteiger partial charge in [-0.25, -0.2) is 0 Å². The van der Waals surface area contributed by atoms with E-state index in [1.807, 2.05) is 18.5 Å². The van der Waals surface area contributed by atoms with Gasteiger partial charge in [0.2, 0.25) is 0 Å². The van der Waals surface area contributed by atoms with Crippen LogP contribution in [-0.2, 0) is 6.42 Å². The first-order valence-electron chi connectivity index (χ1n) is 7.55. The quantitative estimate of drug-likeness (QED) is 0.929. The Bertz CT molecular complexity index is 583. The van der Waals surface area contributed by atoms with Gasteiger partial charge in [-0.05, 0) is 43.7 Å². The Labute approximate surface area is 120 Å². The van der Waals surface area contributed by atoms with E-state index in [1.165, 1.54) is 10.9 Å². The van der Waals surface area contributed by atoms with Crippen molar-refractivity contribution in [3.05, 3.63) is 36.2 Å². The molecular formula is C17H22N2O. The van der Waals surface area contributed by atoms with Crippen molar-refractivity contribution in [2.45, 2.75) is 51.2 Å². The van der Waals surface area contributed by atoms with Gasteiger partial charge in [0.05, 0.1) is 6.10 Å². The summed E-state index contributed by atoms with van der Waals surface area (Å²) >= 11 is 0. The largest absolute Gasteiger partial charge is 0.490 e. The molecule has 2 aromatic rings. The monoisotopic (exact) mass is 270 g/mol. The van der Waals surface area contributed by atoms with Crippen LogP contribution in [0.1, 0.15) is 38.2 Å². The number of fused-ring (bicyclic) bond motifs is 1. The van der Waals surface area contributed by atoms with Gasteiger partial charge in [0.15, 0.2) is 0 Å². The second-order valence-electron chi connectivity index (χ2n) is 5.66. The van der Waals surface area contributed by atoms with Crippen molar-refractivity contribution < 1.29 is 4.74 Å². The molecule has 1 saturated carbocycles. The van der Waals surface area contributed by atoms with Gasteiger partial charge in [-0.15, -0.1) is 0 Å². The Morgan fingerprint density at radius 2 is 2.00 bits per heavy atom. The van der Waals surface area contributed by atoms with Crippen molar-refractivity contribution >= 4 is 10.8 Å². The van der Waals surface area contributed by atoms with Gasteiger partial charge in [0, 0.05) is 29.2 Å². The zero-order valence-corrected chi connectivity index (χ0v) is 12.0. The molecule has 0 amide bonds. The molecule has 3 rings (SSSR count). The smallest absolute Gasteiger partial charge is 0.127 e. The number of nitrogens with zero attached hydrogens (tertiary/aromatic N) is 1. The molecule has 0 spiro atoms. The normalized spacial score (nSPS) is 22.9. The fraction of sp³-hybridized carbons (Fsp3) is 0.471. The van der Waals surface area contributed by atoms with Gasteiger partial charge in [-0.1, -0.05) is 19.1 Å². The molecule has 1 aromatic carbocycles. The Morgan fingerprint density at radius 1 is 1.20 bits per heavy atom. The Morgan fingerprint density at radius 3 is 2.75 bits per heavy atom. The van der Waals surface area contributed by atoms with Crippen LogP contribution in [0.3, 0.4) is 0 Å². The van der Waals surface area contributed by atoms with Crippen LogP contribution < -0.4 is 10.5 Å². The number of hydrogen-bond acceptors (Lipinski definition) is 3. The minimum atomic E-state index is 0.304. The number of pyridine rings is 1. The number of nitrogens with two attached hydrogens (primary N) is 1. The van der Waals surface area contributed by atoms with Crippen molar-refractivity contribution in [2.24, 2.45) is 5.73 Å². The minimum absolute atomic E-state index is 0.304. The van der Waals surface area contributed by atoms with Crippen molar-refractivity contribution in [1.82, 2.24) is 4.98 Å². The predicted octanol–water partition coefficient (Wildman–Crippen LogP) is 3.45. The number of aromatic nitrogens is 1. The molecule has 0 saturated heterocycles. The molecule has 1 fully saturated rings. The number of ether oxygens (including phenoxy) is 1. The molecule has 0 aliphatic heterocycles. The molecule has 1 heterocycles. The Hall–Kier alpha value is -1.61. The summed E-state index contributed by atoms with van der Waals surface area (Å²) in [6, 6.07) is 6.59. The van der Waals surface area contributed by atoms with Crippen molar-refractivity contribution in [1.29, 1.82) is 0 Å². The molecule has 2 N–H and O–H groups in total. The molecule has 0 atom stereocenters. The highest BCUT2D eigenvalue weighted by atomic mass is 16.5. The summed E-state index contributed by atoms with van der Waals surface area (Å²) in [5.41, 5.74) is 7.22. The van der Waals surface area contributed by atoms with Crippen LogP contribution in [0.5, 0.6) is 5.75 Å². The Kier molecular flexibility index (Phi) is 3.88. The molecule has 20 heavy (non-hydrogen) atoms. The summed E-state index contributed by atoms with van der Waals surface area (Å²) in [6.07, 6.45) is 9.40. The molecule has 0 unspecified atom stereocenters. The first kappa shape index (κ1) is 13.4. The van der Waals surface area contributed by atoms with Gasteiger partial charge in [-0.3, -0.25) is 4.98 Å². The number of rotatable bonds is 3. The third kappa shape index (κ3) is 2.63. The second kappa shape index (κ2) is 5.80. The number of hydrogen-bond donors (Lipinski definition) is 1. The van der Waals surface area contributed by atoms with E-state index in [4.69, 9.17) is 10.5 Å². The molecule has 1 aliphatic carbocycles. The highest BCUT2D eigenvalue weighted by molar-refractivity contribution is 5.90. The van der Waals surface area contributed by atoms with E-state index in [0.717, 1.165) is 43.2 Å². The molecular weight excluding hydrogens is 248 g/mol. The first-order chi connectivity index (χ1) is 9.78. The summed E-state index contributed by atoms with van der Waals surface area (Å²) in [4.78, 5) is 4.31. The Balaban J connectivity index is 1.91. The maximum absolute atomic E-state index is 6.28. The zero-order valence-electron chi connectivity index (χ0n) is 12.0. The topological polar surface area (TPSA) is 48.1 Å². The third-order valence-corrected chi connectivity index (χ3v) is 4.22. The lowest BCUT2D eigenvalue weighted by Gasteiger charge is -2.27. The zero-order chi connectivity index (χ0) is 13.9. The minimum Gasteiger partial charge on any atom is -0.490 e. The third-order valence-electron chi connectivity index (χ3n) is 4.22. The van der Waals surface area contributed by atoms with Gasteiger partial charge in [-0.2, -0.15) is 0 Å². The second-order valence-corrected chi connectivity index (χ2v) is 5.66. The van der Waals surface area contributed by atoms with E-state index in [2.05, 4.69) is 24.0 Å². The van der Waals surface area contributed by atoms with Crippen molar-refractivity contribution in [3.8, 4) is 5.75 Å². The summed E-state index contributed by atoms with van der Waals surface area (Å²) in [7, 11) is 0. The van der Waals surface area contributed by atoms with Crippen molar-refractivity contribution in [2.75, 3.05) is 0 Å². The number of benzene rings is 1. The van der Waals surface area contributed by atoms with Crippen LogP contribution in [0.4, 0.5) is 0 Å². The molecule has 1 aliphatic rings. The van der Waals surface area contributed by atoms with Crippen LogP contribution in [0.15, 0.2) is 30.6 Å². The highest BCUT2D eigenvalue weighted by Crippen LogP contribution is 2.31. The first-order valence-corrected chi connectivity index (χ1v) is 7.55. The lowest BCUT2D eigenvalue weighted by atomic mass is 9.93. The SMILES string of the molecule is CCc1cncc2cccc(O[C@H]3CC[C@@H](N)CC3)c12. The van der Waals surface area contributed by atoms with Crippen LogP contribution in [0, 0.1) is 0 Å². The lowest BCUT2D eigenvalue weighted by molar-refractivity contribution is 0.149. The van der Waals surface area contributed by atoms with Crippen LogP contribution in [0.2, 0.25) is 0 Å². The molecule has 0 bridgehead atoms. The summed E-state index contributed by atoms with van der Waals surface area (Å²) in [6.45, 7) is 2.16. The summed E-state index contributed by atoms with van der Waals surface area (Å²) < 4.78 is 6.28. The maximum Gasteiger partial charge on any atom is 0.127 e. The fourth-order valence-electron chi connectivity index (χ4n) is 3.02. The van der Waals surface area contributed by atoms with Gasteiger partial charge in [0.1, 0.15) is 5.75 Å². The standard InChI is InChI=1S/C17H22N2O/c1-2-12-10-19-11-13-4-3-5-16(17(12)13)20-15-8-6-14(18)7-9-15/h3-5,10-11,14-15H,2,6-9,18H2,1H3/t14-,15+. The number of aryl methyl sites for hydroxylation is 1. The van der Waals surface area contributed by atoms with Crippen LogP contribution >= 0.6 is 0 Å². The van der Waals surface area contributed by atoms with E-state index in [9.17, 15) is 0 Å². The molecule has 106 valence electrons. The van der Waals surface area contributed by atoms with E-state index < -0.39 is 0 Å². The molecule has 3 nitrogen and oxygen atoms in total. The van der Waals surface area contributed by atoms with Gasteiger partial charge in [0.25, 0.3) is 0 Å². The van der Waals surface area contributed by atoms with E-state index >= 15 is 0 Å². The van der Waals surface area contributed by atoms with E-state index in [0.29, 0.717) is 12.1 Å². The van der Waals surface area contributed by atoms with Crippen LogP contribution in [-0.4, -0.2) is 17.1 Å². The van der Waals surface area contributed by atoms with Gasteiger partial charge >= 0.3 is 0 Å². The van der Waals surface area contributed by atoms with Gasteiger partial charge < -0.3 is 10.5 Å². The van der Waals surface area contributed by atoms with E-state index in [-0.39, 0.29) is 0 Å². The molecule has 3 heteroatoms. The maximum atomic E-state index is 6.28. The average Bonchev–Trinajstić information content (AvgIpc) is 2.49. The highest BCUT2D eigenvalue weighted by Gasteiger charge is 2.20. The predicted molar refractivity (Wildman–Crippen MR) is 82.0 cm³/mol. The summed E-state index contributed by atoms with van der Waals surface area (Å²) in [5, 5.41) is 2.38. The average molecular weight is 270 g/mol. The fourth-order valence-corrected chi connectivity index (χ4v) is 3.02. The molecule has 1 aromatic heterocycles.